The molecule has 1 amide bonds. The predicted molar refractivity (Wildman–Crippen MR) is 104 cm³/mol. The molecule has 0 N–H and O–H groups in total. The van der Waals surface area contributed by atoms with Gasteiger partial charge in [-0.3, -0.25) is 14.5 Å². The van der Waals surface area contributed by atoms with Crippen LogP contribution in [-0.2, 0) is 7.05 Å². The molecular weight excluding hydrogens is 373 g/mol. The van der Waals surface area contributed by atoms with Crippen LogP contribution in [0.2, 0.25) is 0 Å². The van der Waals surface area contributed by atoms with Crippen molar-refractivity contribution in [2.45, 2.75) is 25.7 Å². The molecule has 1 aliphatic rings. The number of benzene rings is 1. The standard InChI is InChI=1S/C21H22FN5O2/c1-14-16(12-25-26(14)2)21(28)27-11-5-6-15(13-27)19-20(24-10-9-23-19)29-18-8-4-3-7-17(18)22/h3-4,7-10,12,15H,5-6,11,13H2,1-2H3/t15-/m1/s1. The van der Waals surface area contributed by atoms with Crippen LogP contribution in [-0.4, -0.2) is 43.6 Å². The number of hydrogen-bond acceptors (Lipinski definition) is 5. The van der Waals surface area contributed by atoms with Gasteiger partial charge in [0, 0.05) is 44.1 Å². The lowest BCUT2D eigenvalue weighted by atomic mass is 9.94. The van der Waals surface area contributed by atoms with Gasteiger partial charge in [-0.2, -0.15) is 5.10 Å². The first-order chi connectivity index (χ1) is 14.0. The quantitative estimate of drug-likeness (QED) is 0.676. The summed E-state index contributed by atoms with van der Waals surface area (Å²) >= 11 is 0. The van der Waals surface area contributed by atoms with Crippen LogP contribution in [0.4, 0.5) is 4.39 Å². The van der Waals surface area contributed by atoms with Crippen LogP contribution in [0, 0.1) is 12.7 Å². The second-order valence-corrected chi connectivity index (χ2v) is 7.14. The zero-order chi connectivity index (χ0) is 20.4. The number of para-hydroxylation sites is 1. The van der Waals surface area contributed by atoms with Crippen molar-refractivity contribution in [2.24, 2.45) is 7.05 Å². The summed E-state index contributed by atoms with van der Waals surface area (Å²) in [4.78, 5) is 23.5. The topological polar surface area (TPSA) is 73.1 Å². The number of amides is 1. The smallest absolute Gasteiger partial charge is 0.257 e. The number of ether oxygens (including phenoxy) is 1. The summed E-state index contributed by atoms with van der Waals surface area (Å²) in [7, 11) is 1.82. The first kappa shape index (κ1) is 19.0. The number of carbonyl (C=O) groups excluding carboxylic acids is 1. The van der Waals surface area contributed by atoms with Crippen molar-refractivity contribution in [2.75, 3.05) is 13.1 Å². The van der Waals surface area contributed by atoms with Crippen molar-refractivity contribution in [1.29, 1.82) is 0 Å². The maximum atomic E-state index is 14.0. The van der Waals surface area contributed by atoms with E-state index in [1.807, 2.05) is 18.9 Å². The molecule has 2 aromatic heterocycles. The maximum Gasteiger partial charge on any atom is 0.257 e. The van der Waals surface area contributed by atoms with Gasteiger partial charge in [0.1, 0.15) is 5.69 Å². The lowest BCUT2D eigenvalue weighted by Gasteiger charge is -2.32. The first-order valence-corrected chi connectivity index (χ1v) is 9.55. The molecule has 3 heterocycles. The molecule has 1 aromatic carbocycles. The Morgan fingerprint density at radius 2 is 2.03 bits per heavy atom. The van der Waals surface area contributed by atoms with Gasteiger partial charge in [0.15, 0.2) is 11.6 Å². The Hall–Kier alpha value is -3.29. The molecular formula is C21H22FN5O2. The molecule has 0 unspecified atom stereocenters. The number of rotatable bonds is 4. The highest BCUT2D eigenvalue weighted by Crippen LogP contribution is 2.33. The third-order valence-electron chi connectivity index (χ3n) is 5.30. The third kappa shape index (κ3) is 3.83. The molecule has 0 bridgehead atoms. The molecule has 3 aromatic rings. The Morgan fingerprint density at radius 3 is 2.79 bits per heavy atom. The summed E-state index contributed by atoms with van der Waals surface area (Å²) in [6, 6.07) is 6.19. The summed E-state index contributed by atoms with van der Waals surface area (Å²) in [5, 5.41) is 4.17. The number of halogens is 1. The fourth-order valence-electron chi connectivity index (χ4n) is 3.59. The Bertz CT molecular complexity index is 1040. The molecule has 1 fully saturated rings. The number of aromatic nitrogens is 4. The Labute approximate surface area is 168 Å². The SMILES string of the molecule is Cc1c(C(=O)N2CCC[C@@H](c3nccnc3Oc3ccccc3F)C2)cnn1C. The lowest BCUT2D eigenvalue weighted by Crippen LogP contribution is -2.39. The molecule has 1 atom stereocenters. The number of likely N-dealkylation sites (tertiary alicyclic amines) is 1. The van der Waals surface area contributed by atoms with E-state index in [4.69, 9.17) is 4.74 Å². The number of carbonyl (C=O) groups is 1. The van der Waals surface area contributed by atoms with Gasteiger partial charge in [-0.05, 0) is 31.9 Å². The van der Waals surface area contributed by atoms with Crippen molar-refractivity contribution in [3.05, 3.63) is 65.6 Å². The van der Waals surface area contributed by atoms with Gasteiger partial charge in [0.05, 0.1) is 11.8 Å². The molecule has 150 valence electrons. The fraction of sp³-hybridized carbons (Fsp3) is 0.333. The van der Waals surface area contributed by atoms with Crippen molar-refractivity contribution < 1.29 is 13.9 Å². The normalized spacial score (nSPS) is 16.7. The van der Waals surface area contributed by atoms with Crippen LogP contribution >= 0.6 is 0 Å². The highest BCUT2D eigenvalue weighted by molar-refractivity contribution is 5.95. The molecule has 8 heteroatoms. The number of nitrogens with zero attached hydrogens (tertiary/aromatic N) is 5. The van der Waals surface area contributed by atoms with E-state index >= 15 is 0 Å². The van der Waals surface area contributed by atoms with Crippen molar-refractivity contribution >= 4 is 5.91 Å². The highest BCUT2D eigenvalue weighted by atomic mass is 19.1. The molecule has 7 nitrogen and oxygen atoms in total. The third-order valence-corrected chi connectivity index (χ3v) is 5.30. The van der Waals surface area contributed by atoms with E-state index < -0.39 is 5.82 Å². The van der Waals surface area contributed by atoms with Gasteiger partial charge in [-0.25, -0.2) is 9.37 Å². The Kier molecular flexibility index (Phi) is 5.24. The average molecular weight is 395 g/mol. The van der Waals surface area contributed by atoms with E-state index in [9.17, 15) is 9.18 Å². The van der Waals surface area contributed by atoms with Gasteiger partial charge in [0.2, 0.25) is 5.88 Å². The van der Waals surface area contributed by atoms with E-state index in [0.29, 0.717) is 24.3 Å². The van der Waals surface area contributed by atoms with E-state index in [1.165, 1.54) is 12.3 Å². The average Bonchev–Trinajstić information content (AvgIpc) is 3.08. The molecule has 4 rings (SSSR count). The monoisotopic (exact) mass is 395 g/mol. The van der Waals surface area contributed by atoms with Crippen LogP contribution in [0.5, 0.6) is 11.6 Å². The second kappa shape index (κ2) is 7.98. The largest absolute Gasteiger partial charge is 0.434 e. The fourth-order valence-corrected chi connectivity index (χ4v) is 3.59. The van der Waals surface area contributed by atoms with Crippen LogP contribution in [0.3, 0.4) is 0 Å². The zero-order valence-corrected chi connectivity index (χ0v) is 16.4. The lowest BCUT2D eigenvalue weighted by molar-refractivity contribution is 0.0704. The molecule has 0 radical (unpaired) electrons. The van der Waals surface area contributed by atoms with Crippen LogP contribution in [0.1, 0.15) is 40.5 Å². The van der Waals surface area contributed by atoms with Gasteiger partial charge in [0.25, 0.3) is 5.91 Å². The molecule has 29 heavy (non-hydrogen) atoms. The van der Waals surface area contributed by atoms with Crippen LogP contribution in [0.15, 0.2) is 42.9 Å². The molecule has 1 aliphatic heterocycles. The summed E-state index contributed by atoms with van der Waals surface area (Å²) in [5.41, 5.74) is 2.08. The van der Waals surface area contributed by atoms with Gasteiger partial charge < -0.3 is 9.64 Å². The molecule has 0 aliphatic carbocycles. The van der Waals surface area contributed by atoms with Gasteiger partial charge in [-0.1, -0.05) is 12.1 Å². The maximum absolute atomic E-state index is 14.0. The van der Waals surface area contributed by atoms with E-state index in [-0.39, 0.29) is 23.5 Å². The van der Waals surface area contributed by atoms with Crippen molar-refractivity contribution in [3.8, 4) is 11.6 Å². The minimum atomic E-state index is -0.461. The zero-order valence-electron chi connectivity index (χ0n) is 16.4. The Balaban J connectivity index is 1.57. The Morgan fingerprint density at radius 1 is 1.24 bits per heavy atom. The minimum Gasteiger partial charge on any atom is -0.434 e. The summed E-state index contributed by atoms with van der Waals surface area (Å²) in [6.07, 6.45) is 6.41. The van der Waals surface area contributed by atoms with E-state index in [2.05, 4.69) is 15.1 Å². The van der Waals surface area contributed by atoms with Crippen molar-refractivity contribution in [3.63, 3.8) is 0 Å². The minimum absolute atomic E-state index is 0.0410. The first-order valence-electron chi connectivity index (χ1n) is 9.55. The van der Waals surface area contributed by atoms with Crippen molar-refractivity contribution in [1.82, 2.24) is 24.6 Å². The number of piperidine rings is 1. The number of hydrogen-bond donors (Lipinski definition) is 0. The van der Waals surface area contributed by atoms with Crippen LogP contribution in [0.25, 0.3) is 0 Å². The number of aryl methyl sites for hydroxylation is 1. The van der Waals surface area contributed by atoms with Gasteiger partial charge in [-0.15, -0.1) is 0 Å². The molecule has 1 saturated heterocycles. The predicted octanol–water partition coefficient (Wildman–Crippen LogP) is 3.47. The molecule has 0 spiro atoms. The van der Waals surface area contributed by atoms with E-state index in [0.717, 1.165) is 18.5 Å². The van der Waals surface area contributed by atoms with Gasteiger partial charge >= 0.3 is 0 Å². The summed E-state index contributed by atoms with van der Waals surface area (Å²) < 4.78 is 21.4. The summed E-state index contributed by atoms with van der Waals surface area (Å²) in [6.45, 7) is 3.05. The molecule has 0 saturated carbocycles. The highest BCUT2D eigenvalue weighted by Gasteiger charge is 2.30. The summed E-state index contributed by atoms with van der Waals surface area (Å²) in [5.74, 6) is -0.170. The van der Waals surface area contributed by atoms with E-state index in [1.54, 1.807) is 35.3 Å². The second-order valence-electron chi connectivity index (χ2n) is 7.14. The van der Waals surface area contributed by atoms with Crippen LogP contribution < -0.4 is 4.74 Å².